The van der Waals surface area contributed by atoms with Crippen LogP contribution in [0.3, 0.4) is 0 Å². The van der Waals surface area contributed by atoms with E-state index < -0.39 is 17.8 Å². The van der Waals surface area contributed by atoms with Gasteiger partial charge in [-0.15, -0.1) is 0 Å². The van der Waals surface area contributed by atoms with E-state index in [-0.39, 0.29) is 11.7 Å². The monoisotopic (exact) mass is 287 g/mol. The van der Waals surface area contributed by atoms with Crippen molar-refractivity contribution >= 4 is 11.8 Å². The number of amides is 1. The minimum atomic E-state index is -4.56. The highest BCUT2D eigenvalue weighted by molar-refractivity contribution is 5.88. The van der Waals surface area contributed by atoms with Gasteiger partial charge in [-0.2, -0.15) is 13.2 Å². The average molecular weight is 287 g/mol. The highest BCUT2D eigenvalue weighted by Crippen LogP contribution is 2.38. The summed E-state index contributed by atoms with van der Waals surface area (Å²) in [5.74, 6) is 0. The van der Waals surface area contributed by atoms with Crippen molar-refractivity contribution in [3.63, 3.8) is 0 Å². The number of nitrogens with zero attached hydrogens (tertiary/aromatic N) is 1. The molecule has 1 aromatic carbocycles. The van der Waals surface area contributed by atoms with Crippen LogP contribution in [0.2, 0.25) is 0 Å². The first-order valence-corrected chi connectivity index (χ1v) is 6.59. The molecule has 2 rings (SSSR count). The van der Waals surface area contributed by atoms with Crippen LogP contribution in [0.4, 0.5) is 23.7 Å². The molecule has 0 aromatic heterocycles. The quantitative estimate of drug-likeness (QED) is 0.868. The summed E-state index contributed by atoms with van der Waals surface area (Å²) >= 11 is 0. The van der Waals surface area contributed by atoms with Crippen molar-refractivity contribution in [1.29, 1.82) is 0 Å². The Morgan fingerprint density at radius 2 is 1.75 bits per heavy atom. The largest absolute Gasteiger partial charge is 0.465 e. The fourth-order valence-corrected chi connectivity index (χ4v) is 2.72. The van der Waals surface area contributed by atoms with Crippen molar-refractivity contribution in [2.45, 2.75) is 44.3 Å². The molecule has 0 radical (unpaired) electrons. The van der Waals surface area contributed by atoms with Gasteiger partial charge >= 0.3 is 12.3 Å². The maximum Gasteiger partial charge on any atom is 0.418 e. The second kappa shape index (κ2) is 5.73. The molecule has 1 aliphatic rings. The molecule has 1 amide bonds. The molecular weight excluding hydrogens is 271 g/mol. The van der Waals surface area contributed by atoms with Gasteiger partial charge in [-0.05, 0) is 25.0 Å². The first-order valence-electron chi connectivity index (χ1n) is 6.59. The Labute approximate surface area is 115 Å². The average Bonchev–Trinajstić information content (AvgIpc) is 2.39. The zero-order valence-electron chi connectivity index (χ0n) is 10.9. The summed E-state index contributed by atoms with van der Waals surface area (Å²) < 4.78 is 39.1. The number of alkyl halides is 3. The Kier molecular flexibility index (Phi) is 4.20. The van der Waals surface area contributed by atoms with E-state index >= 15 is 0 Å². The Bertz CT molecular complexity index is 482. The van der Waals surface area contributed by atoms with Crippen molar-refractivity contribution in [3.8, 4) is 0 Å². The number of benzene rings is 1. The molecule has 0 aliphatic heterocycles. The number of carbonyl (C=O) groups is 1. The van der Waals surface area contributed by atoms with E-state index in [1.54, 1.807) is 0 Å². The van der Waals surface area contributed by atoms with Crippen LogP contribution in [0, 0.1) is 0 Å². The van der Waals surface area contributed by atoms with Crippen LogP contribution in [-0.2, 0) is 6.18 Å². The van der Waals surface area contributed by atoms with Gasteiger partial charge in [0, 0.05) is 6.04 Å². The molecule has 1 aromatic rings. The molecule has 0 unspecified atom stereocenters. The summed E-state index contributed by atoms with van der Waals surface area (Å²) in [6.07, 6.45) is -1.96. The Balaban J connectivity index is 2.42. The maximum atomic E-state index is 13.0. The van der Waals surface area contributed by atoms with Crippen molar-refractivity contribution < 1.29 is 23.1 Å². The zero-order chi connectivity index (χ0) is 14.8. The van der Waals surface area contributed by atoms with Crippen LogP contribution in [0.1, 0.15) is 37.7 Å². The Morgan fingerprint density at radius 1 is 1.15 bits per heavy atom. The molecule has 1 N–H and O–H groups in total. The lowest BCUT2D eigenvalue weighted by Gasteiger charge is -2.33. The molecule has 0 bridgehead atoms. The van der Waals surface area contributed by atoms with Crippen molar-refractivity contribution in [2.24, 2.45) is 0 Å². The van der Waals surface area contributed by atoms with Crippen LogP contribution in [0.25, 0.3) is 0 Å². The number of anilines is 1. The smallest absolute Gasteiger partial charge is 0.418 e. The third-order valence-electron chi connectivity index (χ3n) is 3.61. The highest BCUT2D eigenvalue weighted by Gasteiger charge is 2.37. The SMILES string of the molecule is O=C(O)N(c1ccccc1C(F)(F)F)C1CCCCC1. The second-order valence-corrected chi connectivity index (χ2v) is 4.96. The number of hydrogen-bond donors (Lipinski definition) is 1. The Morgan fingerprint density at radius 3 is 2.30 bits per heavy atom. The van der Waals surface area contributed by atoms with E-state index in [0.29, 0.717) is 12.8 Å². The molecule has 0 saturated heterocycles. The van der Waals surface area contributed by atoms with Crippen LogP contribution in [0.5, 0.6) is 0 Å². The molecule has 20 heavy (non-hydrogen) atoms. The maximum absolute atomic E-state index is 13.0. The predicted octanol–water partition coefficient (Wildman–Crippen LogP) is 4.52. The summed E-state index contributed by atoms with van der Waals surface area (Å²) in [5.41, 5.74) is -1.16. The van der Waals surface area contributed by atoms with E-state index in [9.17, 15) is 23.1 Å². The minimum absolute atomic E-state index is 0.264. The van der Waals surface area contributed by atoms with Gasteiger partial charge < -0.3 is 5.11 Å². The van der Waals surface area contributed by atoms with Crippen LogP contribution in [-0.4, -0.2) is 17.2 Å². The standard InChI is InChI=1S/C14H16F3NO2/c15-14(16,17)11-8-4-5-9-12(11)18(13(19)20)10-6-2-1-3-7-10/h4-5,8-10H,1-3,6-7H2,(H,19,20). The minimum Gasteiger partial charge on any atom is -0.465 e. The van der Waals surface area contributed by atoms with Gasteiger partial charge in [0.25, 0.3) is 0 Å². The third-order valence-corrected chi connectivity index (χ3v) is 3.61. The van der Waals surface area contributed by atoms with Gasteiger partial charge in [-0.3, -0.25) is 4.90 Å². The van der Waals surface area contributed by atoms with E-state index in [4.69, 9.17) is 0 Å². The molecule has 3 nitrogen and oxygen atoms in total. The number of carboxylic acid groups (broad SMARTS) is 1. The van der Waals surface area contributed by atoms with E-state index in [2.05, 4.69) is 0 Å². The molecular formula is C14H16F3NO2. The second-order valence-electron chi connectivity index (χ2n) is 4.96. The summed E-state index contributed by atoms with van der Waals surface area (Å²) in [5, 5.41) is 9.33. The molecule has 1 fully saturated rings. The summed E-state index contributed by atoms with van der Waals surface area (Å²) in [6, 6.07) is 4.49. The molecule has 1 saturated carbocycles. The van der Waals surface area contributed by atoms with Gasteiger partial charge in [0.2, 0.25) is 0 Å². The lowest BCUT2D eigenvalue weighted by molar-refractivity contribution is -0.137. The van der Waals surface area contributed by atoms with Gasteiger partial charge in [-0.25, -0.2) is 4.79 Å². The van der Waals surface area contributed by atoms with Crippen molar-refractivity contribution in [3.05, 3.63) is 29.8 Å². The van der Waals surface area contributed by atoms with Gasteiger partial charge in [0.15, 0.2) is 0 Å². The van der Waals surface area contributed by atoms with Gasteiger partial charge in [0.05, 0.1) is 11.3 Å². The summed E-state index contributed by atoms with van der Waals surface area (Å²) in [4.78, 5) is 12.3. The first-order chi connectivity index (χ1) is 9.41. The van der Waals surface area contributed by atoms with Crippen molar-refractivity contribution in [1.82, 2.24) is 0 Å². The van der Waals surface area contributed by atoms with Crippen LogP contribution >= 0.6 is 0 Å². The zero-order valence-corrected chi connectivity index (χ0v) is 10.9. The lowest BCUT2D eigenvalue weighted by atomic mass is 9.93. The van der Waals surface area contributed by atoms with Crippen LogP contribution in [0.15, 0.2) is 24.3 Å². The van der Waals surface area contributed by atoms with Crippen molar-refractivity contribution in [2.75, 3.05) is 4.90 Å². The molecule has 1 aliphatic carbocycles. The third kappa shape index (κ3) is 3.05. The number of halogens is 3. The summed E-state index contributed by atoms with van der Waals surface area (Å²) in [7, 11) is 0. The topological polar surface area (TPSA) is 40.5 Å². The Hall–Kier alpha value is -1.72. The van der Waals surface area contributed by atoms with E-state index in [1.807, 2.05) is 0 Å². The van der Waals surface area contributed by atoms with Crippen LogP contribution < -0.4 is 4.90 Å². The van der Waals surface area contributed by atoms with Gasteiger partial charge in [-0.1, -0.05) is 31.4 Å². The fourth-order valence-electron chi connectivity index (χ4n) is 2.72. The molecule has 0 atom stereocenters. The molecule has 0 heterocycles. The molecule has 6 heteroatoms. The van der Waals surface area contributed by atoms with Gasteiger partial charge in [0.1, 0.15) is 0 Å². The normalized spacial score (nSPS) is 16.9. The predicted molar refractivity (Wildman–Crippen MR) is 68.8 cm³/mol. The lowest BCUT2D eigenvalue weighted by Crippen LogP contribution is -2.41. The number of rotatable bonds is 2. The number of hydrogen-bond acceptors (Lipinski definition) is 1. The number of para-hydroxylation sites is 1. The molecule has 0 spiro atoms. The highest BCUT2D eigenvalue weighted by atomic mass is 19.4. The summed E-state index contributed by atoms with van der Waals surface area (Å²) in [6.45, 7) is 0. The first kappa shape index (κ1) is 14.7. The van der Waals surface area contributed by atoms with E-state index in [0.717, 1.165) is 30.2 Å². The fraction of sp³-hybridized carbons (Fsp3) is 0.500. The van der Waals surface area contributed by atoms with E-state index in [1.165, 1.54) is 18.2 Å². The molecule has 110 valence electrons.